The van der Waals surface area contributed by atoms with Crippen LogP contribution in [0.4, 0.5) is 0 Å². The third-order valence-corrected chi connectivity index (χ3v) is 2.12. The van der Waals surface area contributed by atoms with Crippen LogP contribution in [0.2, 0.25) is 5.02 Å². The quantitative estimate of drug-likeness (QED) is 0.788. The molecular formula is C12H14ClNO2. The van der Waals surface area contributed by atoms with Crippen molar-refractivity contribution in [3.05, 3.63) is 40.9 Å². The van der Waals surface area contributed by atoms with Gasteiger partial charge >= 0.3 is 0 Å². The largest absolute Gasteiger partial charge is 0.392 e. The lowest BCUT2D eigenvalue weighted by atomic mass is 10.2. The molecule has 3 nitrogen and oxygen atoms in total. The van der Waals surface area contributed by atoms with E-state index in [9.17, 15) is 4.79 Å². The molecule has 0 unspecified atom stereocenters. The molecule has 0 saturated carbocycles. The van der Waals surface area contributed by atoms with Crippen LogP contribution < -0.4 is 5.32 Å². The third kappa shape index (κ3) is 4.96. The van der Waals surface area contributed by atoms with Crippen molar-refractivity contribution in [2.45, 2.75) is 13.0 Å². The first-order valence-electron chi connectivity index (χ1n) is 4.97. The monoisotopic (exact) mass is 239 g/mol. The number of hydrogen-bond acceptors (Lipinski definition) is 2. The SMILES string of the molecule is C[C@H](O)CNC(=O)/C=C/c1ccc(Cl)cc1. The topological polar surface area (TPSA) is 49.3 Å². The van der Waals surface area contributed by atoms with Gasteiger partial charge in [0.15, 0.2) is 0 Å². The van der Waals surface area contributed by atoms with E-state index in [0.717, 1.165) is 5.56 Å². The van der Waals surface area contributed by atoms with Crippen LogP contribution in [0.15, 0.2) is 30.3 Å². The highest BCUT2D eigenvalue weighted by atomic mass is 35.5. The Morgan fingerprint density at radius 2 is 2.12 bits per heavy atom. The molecule has 4 heteroatoms. The van der Waals surface area contributed by atoms with E-state index in [0.29, 0.717) is 5.02 Å². The van der Waals surface area contributed by atoms with Crippen LogP contribution in [0.1, 0.15) is 12.5 Å². The molecule has 1 aromatic carbocycles. The molecule has 0 heterocycles. The molecule has 0 bridgehead atoms. The van der Waals surface area contributed by atoms with Gasteiger partial charge in [-0.3, -0.25) is 4.79 Å². The molecule has 1 amide bonds. The summed E-state index contributed by atoms with van der Waals surface area (Å²) in [5.74, 6) is -0.226. The lowest BCUT2D eigenvalue weighted by Gasteiger charge is -2.03. The van der Waals surface area contributed by atoms with E-state index in [1.807, 2.05) is 12.1 Å². The maximum Gasteiger partial charge on any atom is 0.244 e. The number of nitrogens with one attached hydrogen (secondary N) is 1. The van der Waals surface area contributed by atoms with Gasteiger partial charge in [0, 0.05) is 17.6 Å². The summed E-state index contributed by atoms with van der Waals surface area (Å²) in [7, 11) is 0. The number of carbonyl (C=O) groups excluding carboxylic acids is 1. The van der Waals surface area contributed by atoms with Crippen LogP contribution in [-0.2, 0) is 4.79 Å². The molecule has 1 rings (SSSR count). The highest BCUT2D eigenvalue weighted by molar-refractivity contribution is 6.30. The number of halogens is 1. The van der Waals surface area contributed by atoms with Crippen LogP contribution in [0.25, 0.3) is 6.08 Å². The molecule has 0 spiro atoms. The zero-order chi connectivity index (χ0) is 12.0. The zero-order valence-corrected chi connectivity index (χ0v) is 9.74. The smallest absolute Gasteiger partial charge is 0.244 e. The van der Waals surface area contributed by atoms with Crippen molar-refractivity contribution in [2.24, 2.45) is 0 Å². The predicted octanol–water partition coefficient (Wildman–Crippen LogP) is 1.85. The summed E-state index contributed by atoms with van der Waals surface area (Å²) in [6.45, 7) is 1.87. The first-order chi connectivity index (χ1) is 7.58. The van der Waals surface area contributed by atoms with Crippen LogP contribution in [0, 0.1) is 0 Å². The lowest BCUT2D eigenvalue weighted by molar-refractivity contribution is -0.116. The molecule has 0 aliphatic carbocycles. The van der Waals surface area contributed by atoms with Gasteiger partial charge in [0.05, 0.1) is 6.10 Å². The first kappa shape index (κ1) is 12.7. The summed E-state index contributed by atoms with van der Waals surface area (Å²) >= 11 is 5.73. The van der Waals surface area contributed by atoms with Crippen LogP contribution in [0.3, 0.4) is 0 Å². The Balaban J connectivity index is 2.47. The third-order valence-electron chi connectivity index (χ3n) is 1.87. The second kappa shape index (κ2) is 6.30. The molecule has 0 saturated heterocycles. The average molecular weight is 240 g/mol. The number of hydrogen-bond donors (Lipinski definition) is 2. The Labute approximate surface area is 99.7 Å². The van der Waals surface area contributed by atoms with Gasteiger partial charge in [-0.15, -0.1) is 0 Å². The predicted molar refractivity (Wildman–Crippen MR) is 65.2 cm³/mol. The van der Waals surface area contributed by atoms with Crippen molar-refractivity contribution in [3.63, 3.8) is 0 Å². The minimum atomic E-state index is -0.534. The highest BCUT2D eigenvalue weighted by Crippen LogP contribution is 2.10. The van der Waals surface area contributed by atoms with E-state index in [1.54, 1.807) is 25.1 Å². The molecule has 1 aromatic rings. The Kier molecular flexibility index (Phi) is 5.02. The van der Waals surface area contributed by atoms with Gasteiger partial charge in [-0.1, -0.05) is 23.7 Å². The maximum atomic E-state index is 11.3. The minimum Gasteiger partial charge on any atom is -0.392 e. The molecule has 0 aliphatic heterocycles. The van der Waals surface area contributed by atoms with Crippen molar-refractivity contribution in [1.29, 1.82) is 0 Å². The molecule has 1 atom stereocenters. The second-order valence-electron chi connectivity index (χ2n) is 3.48. The highest BCUT2D eigenvalue weighted by Gasteiger charge is 1.98. The van der Waals surface area contributed by atoms with E-state index >= 15 is 0 Å². The maximum absolute atomic E-state index is 11.3. The second-order valence-corrected chi connectivity index (χ2v) is 3.92. The number of aliphatic hydroxyl groups is 1. The Morgan fingerprint density at radius 1 is 1.50 bits per heavy atom. The Bertz CT molecular complexity index is 371. The van der Waals surface area contributed by atoms with Crippen molar-refractivity contribution in [1.82, 2.24) is 5.32 Å². The van der Waals surface area contributed by atoms with E-state index in [2.05, 4.69) is 5.32 Å². The summed E-state index contributed by atoms with van der Waals surface area (Å²) in [5, 5.41) is 12.2. The summed E-state index contributed by atoms with van der Waals surface area (Å²) in [6.07, 6.45) is 2.58. The molecular weight excluding hydrogens is 226 g/mol. The van der Waals surface area contributed by atoms with E-state index < -0.39 is 6.10 Å². The number of aliphatic hydroxyl groups excluding tert-OH is 1. The van der Waals surface area contributed by atoms with E-state index in [4.69, 9.17) is 16.7 Å². The fraction of sp³-hybridized carbons (Fsp3) is 0.250. The molecule has 0 aliphatic rings. The fourth-order valence-corrected chi connectivity index (χ4v) is 1.18. The summed E-state index contributed by atoms with van der Waals surface area (Å²) in [5.41, 5.74) is 0.900. The van der Waals surface area contributed by atoms with Gasteiger partial charge in [-0.05, 0) is 30.7 Å². The van der Waals surface area contributed by atoms with Crippen molar-refractivity contribution in [3.8, 4) is 0 Å². The lowest BCUT2D eigenvalue weighted by Crippen LogP contribution is -2.28. The molecule has 2 N–H and O–H groups in total. The van der Waals surface area contributed by atoms with E-state index in [-0.39, 0.29) is 12.5 Å². The Hall–Kier alpha value is -1.32. The zero-order valence-electron chi connectivity index (χ0n) is 8.98. The first-order valence-corrected chi connectivity index (χ1v) is 5.35. The van der Waals surface area contributed by atoms with Crippen LogP contribution >= 0.6 is 11.6 Å². The fourth-order valence-electron chi connectivity index (χ4n) is 1.05. The molecule has 16 heavy (non-hydrogen) atoms. The van der Waals surface area contributed by atoms with Gasteiger partial charge in [0.1, 0.15) is 0 Å². The average Bonchev–Trinajstić information content (AvgIpc) is 2.25. The number of amides is 1. The normalized spacial score (nSPS) is 12.7. The van der Waals surface area contributed by atoms with Gasteiger partial charge in [0.2, 0.25) is 5.91 Å². The molecule has 0 radical (unpaired) electrons. The standard InChI is InChI=1S/C12H14ClNO2/c1-9(15)8-14-12(16)7-4-10-2-5-11(13)6-3-10/h2-7,9,15H,8H2,1H3,(H,14,16)/b7-4+/t9-/m0/s1. The molecule has 0 aromatic heterocycles. The number of rotatable bonds is 4. The van der Waals surface area contributed by atoms with Gasteiger partial charge in [0.25, 0.3) is 0 Å². The Morgan fingerprint density at radius 3 is 2.69 bits per heavy atom. The van der Waals surface area contributed by atoms with E-state index in [1.165, 1.54) is 6.08 Å². The van der Waals surface area contributed by atoms with Gasteiger partial charge in [-0.2, -0.15) is 0 Å². The summed E-state index contributed by atoms with van der Waals surface area (Å²) in [4.78, 5) is 11.3. The number of benzene rings is 1. The van der Waals surface area contributed by atoms with Crippen molar-refractivity contribution >= 4 is 23.6 Å². The van der Waals surface area contributed by atoms with Crippen molar-refractivity contribution < 1.29 is 9.90 Å². The van der Waals surface area contributed by atoms with Gasteiger partial charge in [-0.25, -0.2) is 0 Å². The van der Waals surface area contributed by atoms with Crippen LogP contribution in [-0.4, -0.2) is 23.7 Å². The minimum absolute atomic E-state index is 0.226. The number of carbonyl (C=O) groups is 1. The van der Waals surface area contributed by atoms with Crippen molar-refractivity contribution in [2.75, 3.05) is 6.54 Å². The molecule has 86 valence electrons. The summed E-state index contributed by atoms with van der Waals surface area (Å²) < 4.78 is 0. The van der Waals surface area contributed by atoms with Crippen LogP contribution in [0.5, 0.6) is 0 Å². The molecule has 0 fully saturated rings. The van der Waals surface area contributed by atoms with Gasteiger partial charge < -0.3 is 10.4 Å². The summed E-state index contributed by atoms with van der Waals surface area (Å²) in [6, 6.07) is 7.16.